The van der Waals surface area contributed by atoms with E-state index in [0.29, 0.717) is 12.6 Å². The minimum absolute atomic E-state index is 0.339. The van der Waals surface area contributed by atoms with Crippen LogP contribution in [-0.2, 0) is 0 Å². The summed E-state index contributed by atoms with van der Waals surface area (Å²) in [6, 6.07) is 4.58. The van der Waals surface area contributed by atoms with Crippen molar-refractivity contribution in [3.63, 3.8) is 0 Å². The molecule has 2 heterocycles. The second-order valence-corrected chi connectivity index (χ2v) is 5.23. The fraction of sp³-hybridized carbons (Fsp3) is 0.643. The van der Waals surface area contributed by atoms with Crippen LogP contribution >= 0.6 is 0 Å². The minimum atomic E-state index is 0.339. The number of nitrogens with two attached hydrogens (primary N) is 1. The summed E-state index contributed by atoms with van der Waals surface area (Å²) >= 11 is 0. The highest BCUT2D eigenvalue weighted by Gasteiger charge is 2.24. The highest BCUT2D eigenvalue weighted by atomic mass is 15.2. The summed E-state index contributed by atoms with van der Waals surface area (Å²) in [6.45, 7) is 7.35. The van der Waals surface area contributed by atoms with E-state index in [9.17, 15) is 0 Å². The summed E-state index contributed by atoms with van der Waals surface area (Å²) in [5.41, 5.74) is 8.27. The smallest absolute Gasteiger partial charge is 0.0485 e. The summed E-state index contributed by atoms with van der Waals surface area (Å²) in [6.07, 6.45) is 4.61. The van der Waals surface area contributed by atoms with E-state index in [1.807, 2.05) is 13.1 Å². The van der Waals surface area contributed by atoms with E-state index in [4.69, 9.17) is 5.73 Å². The molecule has 1 aromatic rings. The van der Waals surface area contributed by atoms with Gasteiger partial charge in [0.15, 0.2) is 0 Å². The van der Waals surface area contributed by atoms with Crippen LogP contribution in [0.15, 0.2) is 18.3 Å². The van der Waals surface area contributed by atoms with Crippen LogP contribution in [0.25, 0.3) is 0 Å². The summed E-state index contributed by atoms with van der Waals surface area (Å²) in [5, 5.41) is 0. The zero-order valence-electron chi connectivity index (χ0n) is 10.9. The van der Waals surface area contributed by atoms with Gasteiger partial charge in [-0.2, -0.15) is 0 Å². The molecule has 1 fully saturated rings. The number of hydrogen-bond donors (Lipinski definition) is 1. The van der Waals surface area contributed by atoms with Gasteiger partial charge >= 0.3 is 0 Å². The fourth-order valence-corrected chi connectivity index (χ4v) is 2.68. The van der Waals surface area contributed by atoms with Crippen molar-refractivity contribution in [3.05, 3.63) is 29.6 Å². The first-order valence-electron chi connectivity index (χ1n) is 6.57. The molecule has 2 rings (SSSR count). The Morgan fingerprint density at radius 1 is 1.53 bits per heavy atom. The molecule has 1 aliphatic rings. The van der Waals surface area contributed by atoms with Gasteiger partial charge in [0.25, 0.3) is 0 Å². The molecule has 0 aromatic carbocycles. The molecule has 3 nitrogen and oxygen atoms in total. The first-order valence-corrected chi connectivity index (χ1v) is 6.57. The normalized spacial score (nSPS) is 23.6. The maximum Gasteiger partial charge on any atom is 0.0485 e. The lowest BCUT2D eigenvalue weighted by Crippen LogP contribution is -2.40. The van der Waals surface area contributed by atoms with Crippen LogP contribution < -0.4 is 5.73 Å². The van der Waals surface area contributed by atoms with E-state index in [-0.39, 0.29) is 0 Å². The van der Waals surface area contributed by atoms with E-state index >= 15 is 0 Å². The van der Waals surface area contributed by atoms with Crippen molar-refractivity contribution in [1.82, 2.24) is 9.88 Å². The summed E-state index contributed by atoms with van der Waals surface area (Å²) < 4.78 is 0. The molecule has 2 N–H and O–H groups in total. The third-order valence-electron chi connectivity index (χ3n) is 3.67. The van der Waals surface area contributed by atoms with Gasteiger partial charge in [-0.1, -0.05) is 13.0 Å². The molecular weight excluding hydrogens is 210 g/mol. The van der Waals surface area contributed by atoms with Gasteiger partial charge in [-0.15, -0.1) is 0 Å². The van der Waals surface area contributed by atoms with Crippen molar-refractivity contribution >= 4 is 0 Å². The van der Waals surface area contributed by atoms with Gasteiger partial charge in [-0.25, -0.2) is 0 Å². The van der Waals surface area contributed by atoms with Crippen molar-refractivity contribution in [2.75, 3.05) is 19.6 Å². The first kappa shape index (κ1) is 12.5. The Morgan fingerprint density at radius 3 is 2.94 bits per heavy atom. The molecule has 0 radical (unpaired) electrons. The highest BCUT2D eigenvalue weighted by molar-refractivity contribution is 5.18. The number of nitrogens with zero attached hydrogens (tertiary/aromatic N) is 2. The van der Waals surface area contributed by atoms with Crippen LogP contribution in [0.4, 0.5) is 0 Å². The Hall–Kier alpha value is -0.930. The Morgan fingerprint density at radius 2 is 2.35 bits per heavy atom. The van der Waals surface area contributed by atoms with Crippen molar-refractivity contribution in [3.8, 4) is 0 Å². The molecular formula is C14H23N3. The molecule has 17 heavy (non-hydrogen) atoms. The minimum Gasteiger partial charge on any atom is -0.329 e. The average Bonchev–Trinajstić information content (AvgIpc) is 2.33. The van der Waals surface area contributed by atoms with Crippen LogP contribution in [-0.4, -0.2) is 29.5 Å². The molecule has 2 unspecified atom stereocenters. The van der Waals surface area contributed by atoms with Crippen LogP contribution in [0.1, 0.15) is 37.1 Å². The molecule has 94 valence electrons. The molecule has 1 aliphatic heterocycles. The number of hydrogen-bond acceptors (Lipinski definition) is 3. The van der Waals surface area contributed by atoms with E-state index in [1.54, 1.807) is 0 Å². The second kappa shape index (κ2) is 5.61. The zero-order chi connectivity index (χ0) is 12.3. The number of piperidine rings is 1. The number of rotatable bonds is 3. The van der Waals surface area contributed by atoms with E-state index in [0.717, 1.165) is 18.2 Å². The summed E-state index contributed by atoms with van der Waals surface area (Å²) in [7, 11) is 0. The maximum absolute atomic E-state index is 5.95. The molecule has 3 heteroatoms. The van der Waals surface area contributed by atoms with Gasteiger partial charge in [0.1, 0.15) is 0 Å². The molecule has 2 atom stereocenters. The second-order valence-electron chi connectivity index (χ2n) is 5.23. The Labute approximate surface area is 104 Å². The largest absolute Gasteiger partial charge is 0.329 e. The number of aryl methyl sites for hydroxylation is 1. The monoisotopic (exact) mass is 233 g/mol. The lowest BCUT2D eigenvalue weighted by Gasteiger charge is -2.36. The molecule has 1 aromatic heterocycles. The molecule has 0 aliphatic carbocycles. The van der Waals surface area contributed by atoms with Gasteiger partial charge in [-0.05, 0) is 43.9 Å². The van der Waals surface area contributed by atoms with Gasteiger partial charge in [0, 0.05) is 31.0 Å². The molecule has 0 saturated carbocycles. The Kier molecular flexibility index (Phi) is 4.13. The number of pyridine rings is 1. The predicted octanol–water partition coefficient (Wildman–Crippen LogP) is 2.12. The lowest BCUT2D eigenvalue weighted by atomic mass is 9.96. The number of likely N-dealkylation sites (tertiary alicyclic amines) is 1. The van der Waals surface area contributed by atoms with E-state index in [1.165, 1.54) is 24.9 Å². The van der Waals surface area contributed by atoms with Gasteiger partial charge in [0.05, 0.1) is 0 Å². The average molecular weight is 233 g/mol. The molecule has 0 amide bonds. The fourth-order valence-electron chi connectivity index (χ4n) is 2.68. The quantitative estimate of drug-likeness (QED) is 0.869. The predicted molar refractivity (Wildman–Crippen MR) is 70.7 cm³/mol. The van der Waals surface area contributed by atoms with Crippen LogP contribution in [0.3, 0.4) is 0 Å². The van der Waals surface area contributed by atoms with E-state index in [2.05, 4.69) is 28.9 Å². The van der Waals surface area contributed by atoms with Gasteiger partial charge < -0.3 is 5.73 Å². The van der Waals surface area contributed by atoms with Crippen LogP contribution in [0.2, 0.25) is 0 Å². The third-order valence-corrected chi connectivity index (χ3v) is 3.67. The van der Waals surface area contributed by atoms with Crippen LogP contribution in [0.5, 0.6) is 0 Å². The summed E-state index contributed by atoms with van der Waals surface area (Å²) in [4.78, 5) is 6.89. The highest BCUT2D eigenvalue weighted by Crippen LogP contribution is 2.25. The van der Waals surface area contributed by atoms with Gasteiger partial charge in [0.2, 0.25) is 0 Å². The number of aromatic nitrogens is 1. The van der Waals surface area contributed by atoms with Crippen LogP contribution in [0, 0.1) is 12.8 Å². The van der Waals surface area contributed by atoms with Crippen molar-refractivity contribution in [1.29, 1.82) is 0 Å². The third kappa shape index (κ3) is 3.05. The SMILES string of the molecule is Cc1ccc(C(CN)N2CCCC(C)C2)cn1. The maximum atomic E-state index is 5.95. The van der Waals surface area contributed by atoms with Crippen molar-refractivity contribution in [2.24, 2.45) is 11.7 Å². The van der Waals surface area contributed by atoms with E-state index < -0.39 is 0 Å². The zero-order valence-corrected chi connectivity index (χ0v) is 10.9. The summed E-state index contributed by atoms with van der Waals surface area (Å²) in [5.74, 6) is 0.788. The molecule has 1 saturated heterocycles. The van der Waals surface area contributed by atoms with Crippen molar-refractivity contribution < 1.29 is 0 Å². The van der Waals surface area contributed by atoms with Crippen molar-refractivity contribution in [2.45, 2.75) is 32.7 Å². The first-order chi connectivity index (χ1) is 8.20. The standard InChI is InChI=1S/C14H23N3/c1-11-4-3-7-17(10-11)14(8-15)13-6-5-12(2)16-9-13/h5-6,9,11,14H,3-4,7-8,10,15H2,1-2H3. The topological polar surface area (TPSA) is 42.1 Å². The Bertz CT molecular complexity index is 347. The lowest BCUT2D eigenvalue weighted by molar-refractivity contribution is 0.133. The van der Waals surface area contributed by atoms with Gasteiger partial charge in [-0.3, -0.25) is 9.88 Å². The Balaban J connectivity index is 2.12. The molecule has 0 spiro atoms. The molecule has 0 bridgehead atoms.